The summed E-state index contributed by atoms with van der Waals surface area (Å²) in [5.74, 6) is -1.23. The van der Waals surface area contributed by atoms with Gasteiger partial charge in [-0.05, 0) is 36.1 Å². The molecule has 0 radical (unpaired) electrons. The molecule has 0 saturated heterocycles. The van der Waals surface area contributed by atoms with Gasteiger partial charge in [0.25, 0.3) is 0 Å². The van der Waals surface area contributed by atoms with Gasteiger partial charge >= 0.3 is 5.97 Å². The normalized spacial score (nSPS) is 12.6. The molecule has 0 aliphatic heterocycles. The van der Waals surface area contributed by atoms with Crippen LogP contribution in [-0.4, -0.2) is 44.1 Å². The monoisotopic (exact) mass is 368 g/mol. The van der Waals surface area contributed by atoms with Crippen molar-refractivity contribution in [3.05, 3.63) is 70.9 Å². The summed E-state index contributed by atoms with van der Waals surface area (Å²) in [5.41, 5.74) is 5.09. The number of aryl methyl sites for hydroxylation is 1. The maximum absolute atomic E-state index is 10.7. The van der Waals surface area contributed by atoms with Crippen LogP contribution in [-0.2, 0) is 24.2 Å². The van der Waals surface area contributed by atoms with Crippen LogP contribution in [0, 0.1) is 6.92 Å². The largest absolute Gasteiger partial charge is 0.479 e. The average Bonchev–Trinajstić information content (AvgIpc) is 2.96. The van der Waals surface area contributed by atoms with Gasteiger partial charge in [0, 0.05) is 36.1 Å². The van der Waals surface area contributed by atoms with E-state index in [9.17, 15) is 15.1 Å². The Morgan fingerprint density at radius 2 is 1.78 bits per heavy atom. The Morgan fingerprint density at radius 1 is 1.11 bits per heavy atom. The maximum Gasteiger partial charge on any atom is 0.332 e. The van der Waals surface area contributed by atoms with Crippen LogP contribution in [0.15, 0.2) is 48.5 Å². The Labute approximate surface area is 157 Å². The maximum atomic E-state index is 10.7. The molecule has 3 aromatic rings. The number of hydrogen-bond acceptors (Lipinski definition) is 4. The van der Waals surface area contributed by atoms with E-state index in [1.54, 1.807) is 12.1 Å². The van der Waals surface area contributed by atoms with E-state index in [1.165, 1.54) is 16.0 Å². The van der Waals surface area contributed by atoms with Gasteiger partial charge in [-0.25, -0.2) is 4.79 Å². The molecule has 1 heterocycles. The number of aliphatic hydroxyl groups is 1. The van der Waals surface area contributed by atoms with Crippen molar-refractivity contribution in [1.82, 2.24) is 10.0 Å². The summed E-state index contributed by atoms with van der Waals surface area (Å²) >= 11 is 0. The molecule has 0 aliphatic rings. The number of H-pyrrole nitrogens is 1. The van der Waals surface area contributed by atoms with Crippen molar-refractivity contribution in [1.29, 1.82) is 0 Å². The minimum Gasteiger partial charge on any atom is -0.479 e. The zero-order chi connectivity index (χ0) is 19.4. The van der Waals surface area contributed by atoms with E-state index < -0.39 is 12.1 Å². The van der Waals surface area contributed by atoms with Crippen LogP contribution in [0.4, 0.5) is 0 Å². The van der Waals surface area contributed by atoms with Gasteiger partial charge in [0.15, 0.2) is 6.10 Å². The van der Waals surface area contributed by atoms with E-state index in [2.05, 4.69) is 11.1 Å². The van der Waals surface area contributed by atoms with E-state index in [0.29, 0.717) is 13.1 Å². The molecule has 4 N–H and O–H groups in total. The van der Waals surface area contributed by atoms with Crippen molar-refractivity contribution in [3.8, 4) is 0 Å². The third-order valence-corrected chi connectivity index (χ3v) is 4.75. The molecule has 0 fully saturated rings. The number of aliphatic hydroxyl groups excluding tert-OH is 1. The van der Waals surface area contributed by atoms with Crippen molar-refractivity contribution in [2.75, 3.05) is 6.54 Å². The number of benzene rings is 2. The molecular weight excluding hydrogens is 344 g/mol. The molecule has 27 heavy (non-hydrogen) atoms. The lowest BCUT2D eigenvalue weighted by Crippen LogP contribution is -2.22. The summed E-state index contributed by atoms with van der Waals surface area (Å²) in [6.45, 7) is 2.92. The van der Waals surface area contributed by atoms with Crippen LogP contribution in [0.5, 0.6) is 0 Å². The van der Waals surface area contributed by atoms with Crippen LogP contribution < -0.4 is 0 Å². The van der Waals surface area contributed by atoms with E-state index in [1.807, 2.05) is 37.3 Å². The summed E-state index contributed by atoms with van der Waals surface area (Å²) in [7, 11) is 0. The molecule has 0 bridgehead atoms. The number of nitrogens with zero attached hydrogens (tertiary/aromatic N) is 1. The van der Waals surface area contributed by atoms with E-state index in [0.717, 1.165) is 28.8 Å². The molecule has 3 rings (SSSR count). The second-order valence-corrected chi connectivity index (χ2v) is 6.79. The standard InChI is InChI=1S/C21H24N2O4/c1-14-17(18-4-2-3-5-19(18)22-14)10-11-23(27)13-16-8-6-15(7-9-16)12-20(24)21(25)26/h2-9,20,22,24,27H,10-13H2,1H3,(H,25,26). The molecule has 6 nitrogen and oxygen atoms in total. The third-order valence-electron chi connectivity index (χ3n) is 4.75. The Balaban J connectivity index is 1.57. The number of carbonyl (C=O) groups is 1. The number of fused-ring (bicyclic) bond motifs is 1. The Kier molecular flexibility index (Phi) is 5.91. The molecule has 0 spiro atoms. The first-order valence-electron chi connectivity index (χ1n) is 8.92. The Morgan fingerprint density at radius 3 is 2.48 bits per heavy atom. The second-order valence-electron chi connectivity index (χ2n) is 6.79. The number of carboxylic acid groups (broad SMARTS) is 1. The minimum absolute atomic E-state index is 0.0678. The summed E-state index contributed by atoms with van der Waals surface area (Å²) in [6, 6.07) is 15.4. The zero-order valence-corrected chi connectivity index (χ0v) is 15.2. The minimum atomic E-state index is -1.40. The van der Waals surface area contributed by atoms with Gasteiger partial charge < -0.3 is 20.4 Å². The first kappa shape index (κ1) is 19.1. The average molecular weight is 368 g/mol. The fraction of sp³-hybridized carbons (Fsp3) is 0.286. The molecule has 1 atom stereocenters. The SMILES string of the molecule is Cc1[nH]c2ccccc2c1CCN(O)Cc1ccc(CC(O)C(=O)O)cc1. The number of carboxylic acids is 1. The quantitative estimate of drug-likeness (QED) is 0.459. The fourth-order valence-electron chi connectivity index (χ4n) is 3.28. The van der Waals surface area contributed by atoms with Gasteiger partial charge in [-0.15, -0.1) is 0 Å². The third kappa shape index (κ3) is 4.74. The van der Waals surface area contributed by atoms with E-state index in [4.69, 9.17) is 5.11 Å². The van der Waals surface area contributed by atoms with Gasteiger partial charge in [-0.2, -0.15) is 5.06 Å². The van der Waals surface area contributed by atoms with Gasteiger partial charge in [-0.3, -0.25) is 0 Å². The number of nitrogens with one attached hydrogen (secondary N) is 1. The Bertz CT molecular complexity index is 918. The highest BCUT2D eigenvalue weighted by molar-refractivity contribution is 5.84. The van der Waals surface area contributed by atoms with E-state index in [-0.39, 0.29) is 6.42 Å². The lowest BCUT2D eigenvalue weighted by atomic mass is 10.1. The van der Waals surface area contributed by atoms with Crippen LogP contribution in [0.25, 0.3) is 10.9 Å². The van der Waals surface area contributed by atoms with Crippen LogP contribution in [0.3, 0.4) is 0 Å². The number of rotatable bonds is 8. The van der Waals surface area contributed by atoms with E-state index >= 15 is 0 Å². The molecule has 0 aliphatic carbocycles. The van der Waals surface area contributed by atoms with Gasteiger partial charge in [0.2, 0.25) is 0 Å². The lowest BCUT2D eigenvalue weighted by molar-refractivity contribution is -0.146. The highest BCUT2D eigenvalue weighted by Crippen LogP contribution is 2.22. The number of hydrogen-bond donors (Lipinski definition) is 4. The lowest BCUT2D eigenvalue weighted by Gasteiger charge is -2.15. The van der Waals surface area contributed by atoms with Crippen LogP contribution >= 0.6 is 0 Å². The number of aromatic amines is 1. The second kappa shape index (κ2) is 8.35. The van der Waals surface area contributed by atoms with Crippen molar-refractivity contribution in [2.45, 2.75) is 32.4 Å². The predicted octanol–water partition coefficient (Wildman–Crippen LogP) is 2.90. The summed E-state index contributed by atoms with van der Waals surface area (Å²) in [4.78, 5) is 14.1. The number of para-hydroxylation sites is 1. The molecule has 2 aromatic carbocycles. The molecule has 1 unspecified atom stereocenters. The first-order valence-corrected chi connectivity index (χ1v) is 8.92. The highest BCUT2D eigenvalue weighted by Gasteiger charge is 2.14. The summed E-state index contributed by atoms with van der Waals surface area (Å²) in [5, 5.41) is 30.9. The smallest absolute Gasteiger partial charge is 0.332 e. The molecule has 0 saturated carbocycles. The number of aromatic nitrogens is 1. The Hall–Kier alpha value is -2.67. The number of hydroxylamine groups is 2. The van der Waals surface area contributed by atoms with Crippen LogP contribution in [0.2, 0.25) is 0 Å². The fourth-order valence-corrected chi connectivity index (χ4v) is 3.28. The van der Waals surface area contributed by atoms with Crippen LogP contribution in [0.1, 0.15) is 22.4 Å². The molecular formula is C21H24N2O4. The first-order chi connectivity index (χ1) is 12.9. The highest BCUT2D eigenvalue weighted by atomic mass is 16.5. The molecule has 1 aromatic heterocycles. The van der Waals surface area contributed by atoms with Gasteiger partial charge in [-0.1, -0.05) is 42.5 Å². The van der Waals surface area contributed by atoms with Gasteiger partial charge in [0.1, 0.15) is 0 Å². The predicted molar refractivity (Wildman–Crippen MR) is 103 cm³/mol. The zero-order valence-electron chi connectivity index (χ0n) is 15.2. The van der Waals surface area contributed by atoms with Crippen molar-refractivity contribution >= 4 is 16.9 Å². The topological polar surface area (TPSA) is 96.8 Å². The van der Waals surface area contributed by atoms with Gasteiger partial charge in [0.05, 0.1) is 0 Å². The van der Waals surface area contributed by atoms with Crippen molar-refractivity contribution in [2.24, 2.45) is 0 Å². The van der Waals surface area contributed by atoms with Crippen molar-refractivity contribution in [3.63, 3.8) is 0 Å². The summed E-state index contributed by atoms with van der Waals surface area (Å²) in [6.07, 6.45) is -0.599. The molecule has 142 valence electrons. The van der Waals surface area contributed by atoms with Crippen molar-refractivity contribution < 1.29 is 20.2 Å². The molecule has 0 amide bonds. The summed E-state index contributed by atoms with van der Waals surface area (Å²) < 4.78 is 0. The number of aliphatic carboxylic acids is 1. The molecule has 6 heteroatoms.